The first-order valence-electron chi connectivity index (χ1n) is 7.25. The van der Waals surface area contributed by atoms with Crippen molar-refractivity contribution in [3.05, 3.63) is 51.7 Å². The van der Waals surface area contributed by atoms with Crippen LogP contribution in [0.5, 0.6) is 0 Å². The van der Waals surface area contributed by atoms with E-state index in [0.29, 0.717) is 5.69 Å². The molecule has 1 aromatic heterocycles. The van der Waals surface area contributed by atoms with Crippen LogP contribution in [-0.2, 0) is 16.4 Å². The highest BCUT2D eigenvalue weighted by molar-refractivity contribution is 7.92. The van der Waals surface area contributed by atoms with E-state index in [2.05, 4.69) is 10.0 Å². The van der Waals surface area contributed by atoms with Crippen molar-refractivity contribution in [2.45, 2.75) is 26.3 Å². The van der Waals surface area contributed by atoms with Crippen molar-refractivity contribution >= 4 is 33.0 Å². The molecule has 1 heterocycles. The van der Waals surface area contributed by atoms with Gasteiger partial charge >= 0.3 is 0 Å². The lowest BCUT2D eigenvalue weighted by molar-refractivity contribution is 0.0943. The van der Waals surface area contributed by atoms with Gasteiger partial charge in [-0.3, -0.25) is 9.52 Å². The fourth-order valence-corrected chi connectivity index (χ4v) is 3.70. The molecular formula is C16H20N2O3S2. The monoisotopic (exact) mass is 352 g/mol. The molecule has 1 atom stereocenters. The van der Waals surface area contributed by atoms with Crippen LogP contribution in [0, 0.1) is 0 Å². The van der Waals surface area contributed by atoms with E-state index < -0.39 is 10.0 Å². The second kappa shape index (κ2) is 7.14. The summed E-state index contributed by atoms with van der Waals surface area (Å²) in [6, 6.07) is 8.74. The van der Waals surface area contributed by atoms with Crippen LogP contribution in [0.1, 0.15) is 40.7 Å². The Kier molecular flexibility index (Phi) is 5.43. The lowest BCUT2D eigenvalue weighted by atomic mass is 10.1. The molecule has 2 rings (SSSR count). The zero-order chi connectivity index (χ0) is 17.0. The van der Waals surface area contributed by atoms with E-state index in [9.17, 15) is 13.2 Å². The molecule has 0 saturated carbocycles. The number of amides is 1. The van der Waals surface area contributed by atoms with Crippen LogP contribution in [0.4, 0.5) is 5.69 Å². The van der Waals surface area contributed by atoms with E-state index in [-0.39, 0.29) is 11.9 Å². The number of anilines is 1. The Morgan fingerprint density at radius 2 is 2.04 bits per heavy atom. The molecule has 7 heteroatoms. The summed E-state index contributed by atoms with van der Waals surface area (Å²) in [6.45, 7) is 3.89. The molecule has 1 aromatic carbocycles. The van der Waals surface area contributed by atoms with Crippen LogP contribution >= 0.6 is 11.3 Å². The van der Waals surface area contributed by atoms with E-state index in [1.54, 1.807) is 18.2 Å². The van der Waals surface area contributed by atoms with Crippen molar-refractivity contribution in [2.24, 2.45) is 0 Å². The van der Waals surface area contributed by atoms with Crippen LogP contribution in [0.15, 0.2) is 35.7 Å². The van der Waals surface area contributed by atoms with Crippen molar-refractivity contribution in [1.82, 2.24) is 5.32 Å². The maximum atomic E-state index is 12.4. The number of hydrogen-bond acceptors (Lipinski definition) is 4. The third-order valence-corrected chi connectivity index (χ3v) is 4.93. The van der Waals surface area contributed by atoms with Crippen LogP contribution in [0.3, 0.4) is 0 Å². The fourth-order valence-electron chi connectivity index (χ4n) is 2.24. The molecule has 124 valence electrons. The largest absolute Gasteiger partial charge is 0.345 e. The Bertz CT molecular complexity index is 797. The molecule has 1 amide bonds. The predicted molar refractivity (Wildman–Crippen MR) is 94.5 cm³/mol. The lowest BCUT2D eigenvalue weighted by Gasteiger charge is -2.15. The van der Waals surface area contributed by atoms with Gasteiger partial charge in [0.2, 0.25) is 10.0 Å². The molecular weight excluding hydrogens is 332 g/mol. The summed E-state index contributed by atoms with van der Waals surface area (Å²) in [5.41, 5.74) is 2.35. The summed E-state index contributed by atoms with van der Waals surface area (Å²) in [6.07, 6.45) is 1.92. The van der Waals surface area contributed by atoms with Crippen LogP contribution < -0.4 is 10.0 Å². The zero-order valence-electron chi connectivity index (χ0n) is 13.3. The number of sulfonamides is 1. The predicted octanol–water partition coefficient (Wildman–Crippen LogP) is 3.17. The van der Waals surface area contributed by atoms with E-state index >= 15 is 0 Å². The number of aryl methyl sites for hydroxylation is 1. The molecule has 0 aliphatic carbocycles. The van der Waals surface area contributed by atoms with E-state index in [0.717, 1.165) is 28.7 Å². The fraction of sp³-hybridized carbons (Fsp3) is 0.312. The van der Waals surface area contributed by atoms with E-state index in [1.165, 1.54) is 11.3 Å². The van der Waals surface area contributed by atoms with Crippen LogP contribution in [0.25, 0.3) is 0 Å². The Morgan fingerprint density at radius 3 is 2.70 bits per heavy atom. The Hall–Kier alpha value is -1.86. The van der Waals surface area contributed by atoms with Gasteiger partial charge in [0.05, 0.1) is 17.2 Å². The van der Waals surface area contributed by atoms with E-state index in [1.807, 2.05) is 31.4 Å². The molecule has 1 unspecified atom stereocenters. The number of rotatable bonds is 6. The first-order valence-corrected chi connectivity index (χ1v) is 10.0. The topological polar surface area (TPSA) is 75.3 Å². The zero-order valence-corrected chi connectivity index (χ0v) is 14.9. The first kappa shape index (κ1) is 17.5. The third kappa shape index (κ3) is 4.80. The number of hydrogen-bond donors (Lipinski definition) is 2. The summed E-state index contributed by atoms with van der Waals surface area (Å²) < 4.78 is 25.0. The number of benzene rings is 1. The number of nitrogens with one attached hydrogen (secondary N) is 2. The van der Waals surface area contributed by atoms with Gasteiger partial charge in [0.15, 0.2) is 0 Å². The molecule has 0 radical (unpaired) electrons. The minimum atomic E-state index is -3.32. The molecule has 5 nitrogen and oxygen atoms in total. The van der Waals surface area contributed by atoms with Gasteiger partial charge in [-0.25, -0.2) is 8.42 Å². The molecule has 0 saturated heterocycles. The highest BCUT2D eigenvalue weighted by Crippen LogP contribution is 2.21. The van der Waals surface area contributed by atoms with Crippen molar-refractivity contribution in [3.8, 4) is 0 Å². The molecule has 0 bridgehead atoms. The summed E-state index contributed by atoms with van der Waals surface area (Å²) in [5.74, 6) is -0.106. The minimum Gasteiger partial charge on any atom is -0.345 e. The Morgan fingerprint density at radius 1 is 1.30 bits per heavy atom. The molecule has 2 N–H and O–H groups in total. The number of thiophene rings is 1. The van der Waals surface area contributed by atoms with Crippen molar-refractivity contribution in [3.63, 3.8) is 0 Å². The maximum absolute atomic E-state index is 12.4. The second-order valence-electron chi connectivity index (χ2n) is 5.32. The number of carbonyl (C=O) groups excluding carboxylic acids is 1. The molecule has 0 aliphatic heterocycles. The maximum Gasteiger partial charge on any atom is 0.262 e. The Labute approximate surface area is 140 Å². The minimum absolute atomic E-state index is 0.106. The molecule has 23 heavy (non-hydrogen) atoms. The smallest absolute Gasteiger partial charge is 0.262 e. The second-order valence-corrected chi connectivity index (χ2v) is 7.99. The molecule has 2 aromatic rings. The van der Waals surface area contributed by atoms with Gasteiger partial charge in [0.25, 0.3) is 5.91 Å². The van der Waals surface area contributed by atoms with Gasteiger partial charge in [-0.1, -0.05) is 19.1 Å². The van der Waals surface area contributed by atoms with Gasteiger partial charge < -0.3 is 5.32 Å². The lowest BCUT2D eigenvalue weighted by Crippen LogP contribution is -2.26. The summed E-state index contributed by atoms with van der Waals surface area (Å²) >= 11 is 1.43. The quantitative estimate of drug-likeness (QED) is 0.838. The Balaban J connectivity index is 2.13. The van der Waals surface area contributed by atoms with Crippen LogP contribution in [-0.4, -0.2) is 20.6 Å². The van der Waals surface area contributed by atoms with Gasteiger partial charge in [-0.05, 0) is 48.1 Å². The van der Waals surface area contributed by atoms with Crippen LogP contribution in [0.2, 0.25) is 0 Å². The van der Waals surface area contributed by atoms with Gasteiger partial charge in [-0.2, -0.15) is 0 Å². The normalized spacial score (nSPS) is 12.7. The van der Waals surface area contributed by atoms with E-state index in [4.69, 9.17) is 0 Å². The highest BCUT2D eigenvalue weighted by atomic mass is 32.2. The first-order chi connectivity index (χ1) is 10.8. The third-order valence-electron chi connectivity index (χ3n) is 3.37. The molecule has 0 spiro atoms. The standard InChI is InChI=1S/C16H20N2O3S2/c1-4-12-8-9-22-15(12)16(19)17-11(2)13-6-5-7-14(10-13)18-23(3,20)21/h5-11,18H,4H2,1-3H3,(H,17,19). The van der Waals surface area contributed by atoms with Crippen molar-refractivity contribution < 1.29 is 13.2 Å². The molecule has 0 aliphatic rings. The SMILES string of the molecule is CCc1ccsc1C(=O)NC(C)c1cccc(NS(C)(=O)=O)c1. The number of carbonyl (C=O) groups is 1. The summed E-state index contributed by atoms with van der Waals surface area (Å²) in [4.78, 5) is 13.1. The van der Waals surface area contributed by atoms with Gasteiger partial charge in [-0.15, -0.1) is 11.3 Å². The highest BCUT2D eigenvalue weighted by Gasteiger charge is 2.16. The van der Waals surface area contributed by atoms with Gasteiger partial charge in [0.1, 0.15) is 0 Å². The summed E-state index contributed by atoms with van der Waals surface area (Å²) in [7, 11) is -3.32. The average molecular weight is 352 g/mol. The summed E-state index contributed by atoms with van der Waals surface area (Å²) in [5, 5.41) is 4.87. The van der Waals surface area contributed by atoms with Crippen molar-refractivity contribution in [2.75, 3.05) is 11.0 Å². The van der Waals surface area contributed by atoms with Gasteiger partial charge in [0, 0.05) is 5.69 Å². The molecule has 0 fully saturated rings. The van der Waals surface area contributed by atoms with Crippen molar-refractivity contribution in [1.29, 1.82) is 0 Å². The average Bonchev–Trinajstić information content (AvgIpc) is 2.94.